The second kappa shape index (κ2) is 6.23. The van der Waals surface area contributed by atoms with Gasteiger partial charge in [0.2, 0.25) is 0 Å². The number of hydrogen-bond acceptors (Lipinski definition) is 1. The lowest BCUT2D eigenvalue weighted by Crippen LogP contribution is -2.65. The zero-order chi connectivity index (χ0) is 18.8. The molecule has 0 amide bonds. The van der Waals surface area contributed by atoms with Gasteiger partial charge in [-0.05, 0) is 97.7 Å². The predicted molar refractivity (Wildman–Crippen MR) is 112 cm³/mol. The Morgan fingerprint density at radius 2 is 1.62 bits per heavy atom. The molecule has 1 heteroatoms. The average molecular weight is 360 g/mol. The van der Waals surface area contributed by atoms with Crippen LogP contribution in [0.3, 0.4) is 0 Å². The maximum absolute atomic E-state index is 7.10. The van der Waals surface area contributed by atoms with Crippen LogP contribution in [0.15, 0.2) is 0 Å². The molecule has 4 rings (SSSR count). The summed E-state index contributed by atoms with van der Waals surface area (Å²) >= 11 is 0. The molecule has 0 heterocycles. The summed E-state index contributed by atoms with van der Waals surface area (Å²) in [7, 11) is 0. The molecular weight excluding hydrogens is 314 g/mol. The first-order chi connectivity index (χ1) is 12.2. The second-order valence-corrected chi connectivity index (χ2v) is 12.2. The minimum atomic E-state index is 0.155. The molecule has 0 aromatic carbocycles. The van der Waals surface area contributed by atoms with E-state index in [1.165, 1.54) is 77.0 Å². The summed E-state index contributed by atoms with van der Waals surface area (Å²) in [6.45, 7) is 12.7. The van der Waals surface area contributed by atoms with Crippen molar-refractivity contribution in [3.05, 3.63) is 0 Å². The molecular formula is C25H45N. The maximum Gasteiger partial charge on any atom is 0.0211 e. The summed E-state index contributed by atoms with van der Waals surface area (Å²) in [5.41, 5.74) is 8.83. The zero-order valence-corrected chi connectivity index (χ0v) is 18.4. The molecule has 0 saturated heterocycles. The maximum atomic E-state index is 7.10. The second-order valence-electron chi connectivity index (χ2n) is 12.2. The van der Waals surface area contributed by atoms with E-state index in [0.29, 0.717) is 16.2 Å². The lowest BCUT2D eigenvalue weighted by Gasteiger charge is -2.64. The fourth-order valence-corrected chi connectivity index (χ4v) is 8.59. The molecule has 0 aromatic heterocycles. The van der Waals surface area contributed by atoms with Gasteiger partial charge in [-0.15, -0.1) is 0 Å². The minimum absolute atomic E-state index is 0.155. The largest absolute Gasteiger partial charge is 0.325 e. The van der Waals surface area contributed by atoms with Crippen molar-refractivity contribution in [2.24, 2.45) is 45.7 Å². The predicted octanol–water partition coefficient (Wildman–Crippen LogP) is 6.94. The highest BCUT2D eigenvalue weighted by atomic mass is 14.8. The van der Waals surface area contributed by atoms with Crippen LogP contribution in [0.2, 0.25) is 0 Å². The Balaban J connectivity index is 1.58. The van der Waals surface area contributed by atoms with Crippen LogP contribution < -0.4 is 5.73 Å². The van der Waals surface area contributed by atoms with E-state index in [9.17, 15) is 0 Å². The summed E-state index contributed by atoms with van der Waals surface area (Å²) < 4.78 is 0. The summed E-state index contributed by atoms with van der Waals surface area (Å²) in [6, 6.07) is 0. The fraction of sp³-hybridized carbons (Fsp3) is 1.00. The van der Waals surface area contributed by atoms with Crippen LogP contribution in [-0.2, 0) is 0 Å². The molecule has 150 valence electrons. The summed E-state index contributed by atoms with van der Waals surface area (Å²) in [5.74, 6) is 3.84. The normalized spacial score (nSPS) is 51.5. The molecule has 1 nitrogen and oxygen atoms in total. The Morgan fingerprint density at radius 1 is 0.885 bits per heavy atom. The fourth-order valence-electron chi connectivity index (χ4n) is 8.59. The van der Waals surface area contributed by atoms with E-state index in [0.717, 1.165) is 23.7 Å². The van der Waals surface area contributed by atoms with Crippen molar-refractivity contribution in [3.8, 4) is 0 Å². The van der Waals surface area contributed by atoms with Crippen molar-refractivity contribution in [2.75, 3.05) is 0 Å². The van der Waals surface area contributed by atoms with Gasteiger partial charge in [-0.2, -0.15) is 0 Å². The van der Waals surface area contributed by atoms with Gasteiger partial charge in [0, 0.05) is 5.54 Å². The van der Waals surface area contributed by atoms with Crippen LogP contribution in [0.5, 0.6) is 0 Å². The lowest BCUT2D eigenvalue weighted by atomic mass is 9.42. The molecule has 7 atom stereocenters. The number of rotatable bonds is 3. The molecule has 0 aliphatic heterocycles. The number of nitrogens with two attached hydrogens (primary N) is 1. The Labute approximate surface area is 163 Å². The van der Waals surface area contributed by atoms with Gasteiger partial charge in [-0.1, -0.05) is 53.9 Å². The van der Waals surface area contributed by atoms with Crippen molar-refractivity contribution < 1.29 is 0 Å². The zero-order valence-electron chi connectivity index (χ0n) is 18.4. The smallest absolute Gasteiger partial charge is 0.0211 e. The third-order valence-electron chi connectivity index (χ3n) is 10.8. The lowest BCUT2D eigenvalue weighted by molar-refractivity contribution is -0.123. The van der Waals surface area contributed by atoms with Crippen LogP contribution in [0, 0.1) is 39.9 Å². The van der Waals surface area contributed by atoms with Gasteiger partial charge in [-0.25, -0.2) is 0 Å². The summed E-state index contributed by atoms with van der Waals surface area (Å²) in [6.07, 6.45) is 17.0. The van der Waals surface area contributed by atoms with Crippen molar-refractivity contribution in [2.45, 2.75) is 117 Å². The van der Waals surface area contributed by atoms with E-state index in [1.54, 1.807) is 0 Å². The van der Waals surface area contributed by atoms with E-state index < -0.39 is 0 Å². The average Bonchev–Trinajstić information content (AvgIpc) is 2.91. The first-order valence-electron chi connectivity index (χ1n) is 11.9. The van der Waals surface area contributed by atoms with Gasteiger partial charge in [0.25, 0.3) is 0 Å². The van der Waals surface area contributed by atoms with Crippen LogP contribution in [0.1, 0.15) is 112 Å². The van der Waals surface area contributed by atoms with E-state index in [2.05, 4.69) is 34.6 Å². The minimum Gasteiger partial charge on any atom is -0.325 e. The highest BCUT2D eigenvalue weighted by molar-refractivity contribution is 5.15. The first-order valence-corrected chi connectivity index (χ1v) is 11.9. The molecule has 26 heavy (non-hydrogen) atoms. The number of fused-ring (bicyclic) bond motifs is 5. The molecule has 4 saturated carbocycles. The quantitative estimate of drug-likeness (QED) is 0.580. The Kier molecular flexibility index (Phi) is 4.62. The van der Waals surface area contributed by atoms with E-state index >= 15 is 0 Å². The Hall–Kier alpha value is -0.0400. The van der Waals surface area contributed by atoms with Crippen molar-refractivity contribution in [3.63, 3.8) is 0 Å². The number of hydrogen-bond donors (Lipinski definition) is 1. The van der Waals surface area contributed by atoms with Gasteiger partial charge in [0.15, 0.2) is 0 Å². The molecule has 4 aliphatic carbocycles. The third-order valence-corrected chi connectivity index (χ3v) is 10.8. The molecule has 2 N–H and O–H groups in total. The highest BCUT2D eigenvalue weighted by Crippen LogP contribution is 2.68. The molecule has 0 spiro atoms. The molecule has 4 aliphatic rings. The van der Waals surface area contributed by atoms with Gasteiger partial charge < -0.3 is 5.73 Å². The van der Waals surface area contributed by atoms with Crippen LogP contribution >= 0.6 is 0 Å². The van der Waals surface area contributed by atoms with Gasteiger partial charge in [-0.3, -0.25) is 0 Å². The van der Waals surface area contributed by atoms with Crippen molar-refractivity contribution >= 4 is 0 Å². The molecule has 4 fully saturated rings. The molecule has 0 radical (unpaired) electrons. The molecule has 0 bridgehead atoms. The Bertz CT molecular complexity index is 538. The van der Waals surface area contributed by atoms with Crippen LogP contribution in [-0.4, -0.2) is 5.54 Å². The molecule has 0 aromatic rings. The summed E-state index contributed by atoms with van der Waals surface area (Å²) in [4.78, 5) is 0. The van der Waals surface area contributed by atoms with Crippen LogP contribution in [0.4, 0.5) is 0 Å². The standard InChI is InChI=1S/C25H45N/c1-6-22(2,3)17-18-9-10-20-19-11-16-25(26)14-8-7-13-24(25,5)21(19)12-15-23(18,20)4/h18-21H,6-17,26H2,1-5H3/t18-,19?,20?,21?,23?,24-,25-/m1/s1. The topological polar surface area (TPSA) is 26.0 Å². The van der Waals surface area contributed by atoms with Crippen LogP contribution in [0.25, 0.3) is 0 Å². The third kappa shape index (κ3) is 2.66. The van der Waals surface area contributed by atoms with E-state index in [4.69, 9.17) is 5.73 Å². The monoisotopic (exact) mass is 359 g/mol. The first kappa shape index (κ1) is 19.3. The molecule has 4 unspecified atom stereocenters. The highest BCUT2D eigenvalue weighted by Gasteiger charge is 2.62. The SMILES string of the molecule is CCC(C)(C)C[C@H]1CCC2C3CC[C@]4(N)CCCC[C@]4(C)C3CCC21C. The summed E-state index contributed by atoms with van der Waals surface area (Å²) in [5, 5.41) is 0. The van der Waals surface area contributed by atoms with Gasteiger partial charge in [0.1, 0.15) is 0 Å². The van der Waals surface area contributed by atoms with E-state index in [-0.39, 0.29) is 5.54 Å². The van der Waals surface area contributed by atoms with Gasteiger partial charge in [0.05, 0.1) is 0 Å². The van der Waals surface area contributed by atoms with E-state index in [1.807, 2.05) is 0 Å². The van der Waals surface area contributed by atoms with Gasteiger partial charge >= 0.3 is 0 Å². The van der Waals surface area contributed by atoms with Crippen molar-refractivity contribution in [1.82, 2.24) is 0 Å². The Morgan fingerprint density at radius 3 is 2.35 bits per heavy atom. The van der Waals surface area contributed by atoms with Crippen molar-refractivity contribution in [1.29, 1.82) is 0 Å².